The molecular weight excluding hydrogens is 220 g/mol. The highest BCUT2D eigenvalue weighted by Gasteiger charge is 2.08. The van der Waals surface area contributed by atoms with Crippen molar-refractivity contribution in [1.82, 2.24) is 9.78 Å². The highest BCUT2D eigenvalue weighted by molar-refractivity contribution is 9.09. The van der Waals surface area contributed by atoms with Crippen LogP contribution in [0.5, 0.6) is 0 Å². The summed E-state index contributed by atoms with van der Waals surface area (Å²) >= 11 is 3.21. The summed E-state index contributed by atoms with van der Waals surface area (Å²) in [6, 6.07) is 0.348. The van der Waals surface area contributed by atoms with Gasteiger partial charge in [0, 0.05) is 23.1 Å². The van der Waals surface area contributed by atoms with Crippen molar-refractivity contribution in [2.75, 3.05) is 5.33 Å². The third-order valence-electron chi connectivity index (χ3n) is 1.68. The van der Waals surface area contributed by atoms with Crippen LogP contribution < -0.4 is 0 Å². The van der Waals surface area contributed by atoms with Crippen LogP contribution in [-0.2, 0) is 0 Å². The van der Waals surface area contributed by atoms with E-state index in [0.717, 1.165) is 5.56 Å². The zero-order valence-corrected chi connectivity index (χ0v) is 8.82. The van der Waals surface area contributed by atoms with Gasteiger partial charge in [0.1, 0.15) is 0 Å². The van der Waals surface area contributed by atoms with Gasteiger partial charge in [-0.05, 0) is 13.8 Å². The first kappa shape index (κ1) is 9.74. The third-order valence-corrected chi connectivity index (χ3v) is 2.29. The molecule has 1 heterocycles. The zero-order valence-electron chi connectivity index (χ0n) is 7.24. The van der Waals surface area contributed by atoms with Crippen molar-refractivity contribution in [1.29, 1.82) is 0 Å². The summed E-state index contributed by atoms with van der Waals surface area (Å²) in [5.74, 6) is 0. The Labute approximate surface area is 80.5 Å². The molecule has 68 valence electrons. The molecule has 0 saturated carbocycles. The number of alkyl halides is 1. The smallest absolute Gasteiger partial charge is 0.0917 e. The van der Waals surface area contributed by atoms with Crippen LogP contribution in [0.2, 0.25) is 0 Å². The maximum absolute atomic E-state index is 9.42. The summed E-state index contributed by atoms with van der Waals surface area (Å²) in [5.41, 5.74) is 0.862. The number of hydrogen-bond acceptors (Lipinski definition) is 2. The van der Waals surface area contributed by atoms with Crippen molar-refractivity contribution in [3.8, 4) is 0 Å². The lowest BCUT2D eigenvalue weighted by molar-refractivity contribution is 0.205. The van der Waals surface area contributed by atoms with Crippen LogP contribution in [0.3, 0.4) is 0 Å². The molecule has 0 aliphatic carbocycles. The van der Waals surface area contributed by atoms with Gasteiger partial charge in [0.15, 0.2) is 0 Å². The molecule has 1 aromatic rings. The van der Waals surface area contributed by atoms with Crippen molar-refractivity contribution in [3.05, 3.63) is 18.0 Å². The summed E-state index contributed by atoms with van der Waals surface area (Å²) in [6.45, 7) is 4.11. The van der Waals surface area contributed by atoms with Gasteiger partial charge in [0.25, 0.3) is 0 Å². The number of aliphatic hydroxyl groups is 1. The normalized spacial score (nSPS) is 13.8. The van der Waals surface area contributed by atoms with Gasteiger partial charge in [-0.25, -0.2) is 0 Å². The van der Waals surface area contributed by atoms with Crippen molar-refractivity contribution in [2.24, 2.45) is 0 Å². The van der Waals surface area contributed by atoms with E-state index < -0.39 is 6.10 Å². The Morgan fingerprint density at radius 3 is 2.75 bits per heavy atom. The van der Waals surface area contributed by atoms with E-state index in [1.54, 1.807) is 6.20 Å². The lowest BCUT2D eigenvalue weighted by Crippen LogP contribution is -2.01. The van der Waals surface area contributed by atoms with E-state index in [4.69, 9.17) is 0 Å². The highest BCUT2D eigenvalue weighted by atomic mass is 79.9. The van der Waals surface area contributed by atoms with Crippen molar-refractivity contribution in [2.45, 2.75) is 26.0 Å². The molecule has 0 spiro atoms. The fourth-order valence-electron chi connectivity index (χ4n) is 0.896. The maximum atomic E-state index is 9.42. The van der Waals surface area contributed by atoms with Crippen LogP contribution in [0.15, 0.2) is 12.4 Å². The lowest BCUT2D eigenvalue weighted by atomic mass is 10.2. The first-order valence-electron chi connectivity index (χ1n) is 3.93. The molecule has 0 fully saturated rings. The number of aliphatic hydroxyl groups excluding tert-OH is 1. The topological polar surface area (TPSA) is 38.0 Å². The second-order valence-electron chi connectivity index (χ2n) is 3.02. The summed E-state index contributed by atoms with van der Waals surface area (Å²) in [5, 5.41) is 14.1. The zero-order chi connectivity index (χ0) is 9.14. The lowest BCUT2D eigenvalue weighted by Gasteiger charge is -2.04. The van der Waals surface area contributed by atoms with Crippen LogP contribution in [0.25, 0.3) is 0 Å². The Morgan fingerprint density at radius 1 is 1.67 bits per heavy atom. The average molecular weight is 233 g/mol. The number of hydrogen-bond donors (Lipinski definition) is 1. The molecule has 0 aromatic carbocycles. The molecular formula is C8H13BrN2O. The quantitative estimate of drug-likeness (QED) is 0.809. The number of aromatic nitrogens is 2. The first-order valence-corrected chi connectivity index (χ1v) is 5.05. The Kier molecular flexibility index (Phi) is 3.29. The molecule has 0 radical (unpaired) electrons. The van der Waals surface area contributed by atoms with E-state index in [2.05, 4.69) is 34.9 Å². The summed E-state index contributed by atoms with van der Waals surface area (Å²) in [7, 11) is 0. The molecule has 12 heavy (non-hydrogen) atoms. The predicted octanol–water partition coefficient (Wildman–Crippen LogP) is 1.89. The molecule has 0 aliphatic rings. The van der Waals surface area contributed by atoms with Crippen molar-refractivity contribution >= 4 is 15.9 Å². The molecule has 1 atom stereocenters. The molecule has 0 saturated heterocycles. The standard InChI is InChI=1S/C8H13BrN2O/c1-6(2)11-5-7(4-10-11)8(12)3-9/h4-6,8,12H,3H2,1-2H3. The van der Waals surface area contributed by atoms with E-state index >= 15 is 0 Å². The van der Waals surface area contributed by atoms with Gasteiger partial charge in [-0.15, -0.1) is 0 Å². The second kappa shape index (κ2) is 4.05. The maximum Gasteiger partial charge on any atom is 0.0917 e. The molecule has 0 aliphatic heterocycles. The van der Waals surface area contributed by atoms with E-state index in [0.29, 0.717) is 11.4 Å². The SMILES string of the molecule is CC(C)n1cc(C(O)CBr)cn1. The minimum absolute atomic E-state index is 0.348. The van der Waals surface area contributed by atoms with Gasteiger partial charge >= 0.3 is 0 Å². The molecule has 3 nitrogen and oxygen atoms in total. The van der Waals surface area contributed by atoms with E-state index in [9.17, 15) is 5.11 Å². The average Bonchev–Trinajstić information content (AvgIpc) is 2.51. The van der Waals surface area contributed by atoms with Crippen LogP contribution in [-0.4, -0.2) is 20.2 Å². The van der Waals surface area contributed by atoms with Crippen LogP contribution in [0.4, 0.5) is 0 Å². The summed E-state index contributed by atoms with van der Waals surface area (Å²) in [6.07, 6.45) is 3.13. The predicted molar refractivity (Wildman–Crippen MR) is 51.4 cm³/mol. The van der Waals surface area contributed by atoms with Gasteiger partial charge in [0.05, 0.1) is 12.3 Å². The van der Waals surface area contributed by atoms with Crippen LogP contribution >= 0.6 is 15.9 Å². The summed E-state index contributed by atoms with van der Waals surface area (Å²) < 4.78 is 1.83. The van der Waals surface area contributed by atoms with Gasteiger partial charge < -0.3 is 5.11 Å². The van der Waals surface area contributed by atoms with Crippen molar-refractivity contribution in [3.63, 3.8) is 0 Å². The summed E-state index contributed by atoms with van der Waals surface area (Å²) in [4.78, 5) is 0. The Bertz CT molecular complexity index is 247. The molecule has 1 rings (SSSR count). The fraction of sp³-hybridized carbons (Fsp3) is 0.625. The monoisotopic (exact) mass is 232 g/mol. The minimum atomic E-state index is -0.447. The van der Waals surface area contributed by atoms with E-state index in [-0.39, 0.29) is 0 Å². The highest BCUT2D eigenvalue weighted by Crippen LogP contribution is 2.15. The van der Waals surface area contributed by atoms with Crippen molar-refractivity contribution < 1.29 is 5.11 Å². The van der Waals surface area contributed by atoms with Crippen LogP contribution in [0.1, 0.15) is 31.6 Å². The van der Waals surface area contributed by atoms with Crippen LogP contribution in [0, 0.1) is 0 Å². The van der Waals surface area contributed by atoms with Gasteiger partial charge in [0.2, 0.25) is 0 Å². The Hall–Kier alpha value is -0.350. The Morgan fingerprint density at radius 2 is 2.33 bits per heavy atom. The molecule has 0 bridgehead atoms. The molecule has 1 unspecified atom stereocenters. The van der Waals surface area contributed by atoms with Gasteiger partial charge in [-0.2, -0.15) is 5.10 Å². The number of rotatable bonds is 3. The molecule has 0 amide bonds. The van der Waals surface area contributed by atoms with E-state index in [1.165, 1.54) is 0 Å². The molecule has 4 heteroatoms. The second-order valence-corrected chi connectivity index (χ2v) is 3.67. The number of nitrogens with zero attached hydrogens (tertiary/aromatic N) is 2. The van der Waals surface area contributed by atoms with Gasteiger partial charge in [-0.1, -0.05) is 15.9 Å². The Balaban J connectivity index is 2.77. The molecule has 1 N–H and O–H groups in total. The van der Waals surface area contributed by atoms with E-state index in [1.807, 2.05) is 10.9 Å². The molecule has 1 aromatic heterocycles. The minimum Gasteiger partial charge on any atom is -0.387 e. The van der Waals surface area contributed by atoms with Gasteiger partial charge in [-0.3, -0.25) is 4.68 Å². The number of halogens is 1. The fourth-order valence-corrected chi connectivity index (χ4v) is 1.27. The third kappa shape index (κ3) is 2.08. The largest absolute Gasteiger partial charge is 0.387 e. The first-order chi connectivity index (χ1) is 5.65.